The van der Waals surface area contributed by atoms with Gasteiger partial charge in [-0.2, -0.15) is 4.98 Å². The number of aromatic amines is 1. The van der Waals surface area contributed by atoms with E-state index in [9.17, 15) is 24.5 Å². The lowest BCUT2D eigenvalue weighted by molar-refractivity contribution is -0.384. The molecule has 1 aromatic heterocycles. The van der Waals surface area contributed by atoms with Crippen molar-refractivity contribution in [3.05, 3.63) is 78.0 Å². The zero-order valence-corrected chi connectivity index (χ0v) is 19.0. The van der Waals surface area contributed by atoms with E-state index in [0.717, 1.165) is 0 Å². The number of aromatic nitrogens is 2. The summed E-state index contributed by atoms with van der Waals surface area (Å²) in [6.45, 7) is 1.66. The third-order valence-corrected chi connectivity index (χ3v) is 5.69. The second kappa shape index (κ2) is 9.12. The molecule has 0 radical (unpaired) electrons. The molecule has 3 aromatic rings. The molecule has 1 aliphatic heterocycles. The van der Waals surface area contributed by atoms with Crippen molar-refractivity contribution >= 4 is 63.8 Å². The van der Waals surface area contributed by atoms with Crippen LogP contribution < -0.4 is 21.5 Å². The summed E-state index contributed by atoms with van der Waals surface area (Å²) in [5.41, 5.74) is 0.296. The normalized spacial score (nSPS) is 14.7. The monoisotopic (exact) mass is 502 g/mol. The van der Waals surface area contributed by atoms with Crippen molar-refractivity contribution in [3.8, 4) is 0 Å². The molecular weight excluding hydrogens is 487 g/mol. The van der Waals surface area contributed by atoms with Crippen LogP contribution in [0.3, 0.4) is 0 Å². The number of carbonyl (C=O) groups is 2. The third-order valence-electron chi connectivity index (χ3n) is 5.14. The highest BCUT2D eigenvalue weighted by atomic mass is 35.5. The van der Waals surface area contributed by atoms with Gasteiger partial charge in [0.05, 0.1) is 32.8 Å². The van der Waals surface area contributed by atoms with Crippen molar-refractivity contribution in [1.29, 1.82) is 0 Å². The number of nitrogens with one attached hydrogen (secondary N) is 4. The van der Waals surface area contributed by atoms with Gasteiger partial charge < -0.3 is 16.0 Å². The Morgan fingerprint density at radius 3 is 2.65 bits per heavy atom. The number of fused-ring (bicyclic) bond motifs is 1. The second-order valence-corrected chi connectivity index (χ2v) is 8.32. The quantitative estimate of drug-likeness (QED) is 0.301. The number of hydrogen-bond acceptors (Lipinski definition) is 7. The van der Waals surface area contributed by atoms with Crippen molar-refractivity contribution in [3.63, 3.8) is 0 Å². The second-order valence-electron chi connectivity index (χ2n) is 7.48. The van der Waals surface area contributed by atoms with Gasteiger partial charge in [-0.25, -0.2) is 0 Å². The van der Waals surface area contributed by atoms with Crippen LogP contribution in [0.1, 0.15) is 23.5 Å². The fraction of sp³-hybridized carbons (Fsp3) is 0.143. The summed E-state index contributed by atoms with van der Waals surface area (Å²) >= 11 is 12.0. The minimum Gasteiger partial charge on any atom is -0.325 e. The smallest absolute Gasteiger partial charge is 0.271 e. The summed E-state index contributed by atoms with van der Waals surface area (Å²) in [6, 6.07) is 8.68. The number of non-ortho nitro benzene ring substituents is 1. The van der Waals surface area contributed by atoms with E-state index in [1.165, 1.54) is 24.3 Å². The molecule has 34 heavy (non-hydrogen) atoms. The van der Waals surface area contributed by atoms with E-state index in [4.69, 9.17) is 23.2 Å². The molecule has 2 amide bonds. The average Bonchev–Trinajstić information content (AvgIpc) is 2.76. The van der Waals surface area contributed by atoms with Gasteiger partial charge >= 0.3 is 0 Å². The number of rotatable bonds is 5. The molecule has 0 spiro atoms. The van der Waals surface area contributed by atoms with E-state index in [1.54, 1.807) is 19.1 Å². The van der Waals surface area contributed by atoms with Crippen LogP contribution in [0.15, 0.2) is 41.2 Å². The zero-order valence-electron chi connectivity index (χ0n) is 17.4. The maximum atomic E-state index is 13.0. The Kier molecular flexibility index (Phi) is 6.22. The Balaban J connectivity index is 1.65. The number of halogens is 2. The van der Waals surface area contributed by atoms with E-state index in [0.29, 0.717) is 16.3 Å². The minimum atomic E-state index is -1.16. The lowest BCUT2D eigenvalue weighted by Crippen LogP contribution is -2.36. The first-order chi connectivity index (χ1) is 16.1. The van der Waals surface area contributed by atoms with Crippen molar-refractivity contribution < 1.29 is 14.5 Å². The molecule has 0 unspecified atom stereocenters. The minimum absolute atomic E-state index is 0.0103. The van der Waals surface area contributed by atoms with E-state index in [1.807, 2.05) is 0 Å². The Morgan fingerprint density at radius 2 is 1.94 bits per heavy atom. The van der Waals surface area contributed by atoms with E-state index in [2.05, 4.69) is 25.9 Å². The van der Waals surface area contributed by atoms with Gasteiger partial charge in [-0.1, -0.05) is 29.3 Å². The number of aryl methyl sites for hydroxylation is 1. The van der Waals surface area contributed by atoms with Crippen LogP contribution in [0, 0.1) is 17.0 Å². The topological polar surface area (TPSA) is 159 Å². The lowest BCUT2D eigenvalue weighted by atomic mass is 9.92. The third kappa shape index (κ3) is 4.70. The lowest BCUT2D eigenvalue weighted by Gasteiger charge is -2.24. The molecule has 0 bridgehead atoms. The van der Waals surface area contributed by atoms with Gasteiger partial charge in [0.15, 0.2) is 0 Å². The molecule has 11 nitrogen and oxygen atoms in total. The molecule has 0 saturated carbocycles. The van der Waals surface area contributed by atoms with Crippen molar-refractivity contribution in [2.24, 2.45) is 0 Å². The highest BCUT2D eigenvalue weighted by Gasteiger charge is 2.35. The van der Waals surface area contributed by atoms with Gasteiger partial charge in [0.25, 0.3) is 11.2 Å². The van der Waals surface area contributed by atoms with Crippen LogP contribution in [0.25, 0.3) is 0 Å². The molecule has 174 valence electrons. The fourth-order valence-electron chi connectivity index (χ4n) is 3.45. The van der Waals surface area contributed by atoms with E-state index < -0.39 is 28.2 Å². The highest BCUT2D eigenvalue weighted by Crippen LogP contribution is 2.32. The molecule has 2 heterocycles. The SMILES string of the molecule is Cc1ccc([N+](=O)[O-])cc1NC(=O)[C@@H]1CC(=O)Nc2nc(Nc3ccc(Cl)cc3Cl)[nH]c(=O)c21. The first-order valence-corrected chi connectivity index (χ1v) is 10.6. The maximum Gasteiger partial charge on any atom is 0.271 e. The number of H-pyrrole nitrogens is 1. The van der Waals surface area contributed by atoms with Gasteiger partial charge in [0.2, 0.25) is 17.8 Å². The number of nitrogens with zero attached hydrogens (tertiary/aromatic N) is 2. The van der Waals surface area contributed by atoms with Crippen LogP contribution in [0.5, 0.6) is 0 Å². The molecule has 1 atom stereocenters. The van der Waals surface area contributed by atoms with Gasteiger partial charge in [-0.15, -0.1) is 0 Å². The van der Waals surface area contributed by atoms with Crippen molar-refractivity contribution in [2.75, 3.05) is 16.0 Å². The van der Waals surface area contributed by atoms with Gasteiger partial charge in [-0.05, 0) is 30.7 Å². The van der Waals surface area contributed by atoms with Gasteiger partial charge in [0, 0.05) is 23.6 Å². The fourth-order valence-corrected chi connectivity index (χ4v) is 3.91. The average molecular weight is 503 g/mol. The first-order valence-electron chi connectivity index (χ1n) is 9.84. The van der Waals surface area contributed by atoms with Crippen LogP contribution in [-0.2, 0) is 9.59 Å². The zero-order chi connectivity index (χ0) is 24.6. The molecule has 0 fully saturated rings. The van der Waals surface area contributed by atoms with Gasteiger partial charge in [-0.3, -0.25) is 29.5 Å². The van der Waals surface area contributed by atoms with E-state index >= 15 is 0 Å². The number of amides is 2. The van der Waals surface area contributed by atoms with Crippen molar-refractivity contribution in [2.45, 2.75) is 19.3 Å². The molecule has 0 saturated heterocycles. The van der Waals surface area contributed by atoms with Crippen LogP contribution in [-0.4, -0.2) is 26.7 Å². The predicted octanol–water partition coefficient (Wildman–Crippen LogP) is 4.10. The first kappa shape index (κ1) is 23.2. The number of nitro groups is 1. The Bertz CT molecular complexity index is 1410. The van der Waals surface area contributed by atoms with Crippen LogP contribution in [0.4, 0.5) is 28.8 Å². The Labute approximate surface area is 201 Å². The molecule has 13 heteroatoms. The number of nitro benzene ring substituents is 1. The molecule has 2 aromatic carbocycles. The summed E-state index contributed by atoms with van der Waals surface area (Å²) in [5.74, 6) is -2.44. The van der Waals surface area contributed by atoms with Crippen molar-refractivity contribution in [1.82, 2.24) is 9.97 Å². The Hall–Kier alpha value is -3.96. The number of benzene rings is 2. The molecule has 1 aliphatic rings. The highest BCUT2D eigenvalue weighted by molar-refractivity contribution is 6.36. The summed E-state index contributed by atoms with van der Waals surface area (Å²) in [5, 5.41) is 19.7. The summed E-state index contributed by atoms with van der Waals surface area (Å²) < 4.78 is 0. The number of carbonyl (C=O) groups excluding carboxylic acids is 2. The van der Waals surface area contributed by atoms with Gasteiger partial charge in [0.1, 0.15) is 5.82 Å². The predicted molar refractivity (Wildman–Crippen MR) is 127 cm³/mol. The van der Waals surface area contributed by atoms with E-state index in [-0.39, 0.29) is 40.1 Å². The molecule has 0 aliphatic carbocycles. The summed E-state index contributed by atoms with van der Waals surface area (Å²) in [7, 11) is 0. The maximum absolute atomic E-state index is 13.0. The number of hydrogen-bond donors (Lipinski definition) is 4. The molecular formula is C21H16Cl2N6O5. The molecule has 4 N–H and O–H groups in total. The standard InChI is InChI=1S/C21H16Cl2N6O5/c1-9-2-4-11(29(33)34)7-15(9)24-19(31)12-8-16(30)26-18-17(12)20(32)28-21(27-18)25-14-5-3-10(22)6-13(14)23/h2-7,12H,8H2,1H3,(H,24,31)(H3,25,26,27,28,30,32)/t12-/m1/s1. The number of anilines is 4. The molecule has 4 rings (SSSR count). The summed E-state index contributed by atoms with van der Waals surface area (Å²) in [4.78, 5) is 55.4. The largest absolute Gasteiger partial charge is 0.325 e. The van der Waals surface area contributed by atoms with Crippen LogP contribution in [0.2, 0.25) is 10.0 Å². The van der Waals surface area contributed by atoms with Crippen LogP contribution >= 0.6 is 23.2 Å². The Morgan fingerprint density at radius 1 is 1.18 bits per heavy atom. The summed E-state index contributed by atoms with van der Waals surface area (Å²) in [6.07, 6.45) is -0.298.